The van der Waals surface area contributed by atoms with Crippen LogP contribution in [-0.4, -0.2) is 15.0 Å². The molecule has 4 nitrogen and oxygen atoms in total. The molecule has 0 radical (unpaired) electrons. The molecule has 11 aromatic rings. The Hall–Kier alpha value is -7.73. The van der Waals surface area contributed by atoms with Crippen LogP contribution in [0.25, 0.3) is 87.4 Å². The molecule has 0 spiro atoms. The second-order valence-corrected chi connectivity index (χ2v) is 17.9. The van der Waals surface area contributed by atoms with Gasteiger partial charge in [-0.25, -0.2) is 15.0 Å². The SMILES string of the molecule is CC1(C)c2ccccc2-c2ccc(N(c3ccccc3)c3ccc(-c4cc5c6ccccc6sc5c5cc(-c6nc(-c7ccccc7)nc(-c7ccccc7)n6)ccc45)cc3)cc21. The van der Waals surface area contributed by atoms with Crippen molar-refractivity contribution in [2.75, 3.05) is 4.90 Å². The van der Waals surface area contributed by atoms with Crippen molar-refractivity contribution in [3.05, 3.63) is 217 Å². The lowest BCUT2D eigenvalue weighted by molar-refractivity contribution is 0.660. The molecule has 12 rings (SSSR count). The number of fused-ring (bicyclic) bond motifs is 8. The first-order valence-electron chi connectivity index (χ1n) is 21.4. The van der Waals surface area contributed by atoms with E-state index in [0.717, 1.165) is 39.3 Å². The van der Waals surface area contributed by atoms with Crippen LogP contribution < -0.4 is 4.90 Å². The third-order valence-corrected chi connectivity index (χ3v) is 13.9. The van der Waals surface area contributed by atoms with E-state index in [1.54, 1.807) is 0 Å². The minimum atomic E-state index is -0.0998. The second kappa shape index (κ2) is 14.7. The molecule has 0 saturated heterocycles. The van der Waals surface area contributed by atoms with Crippen LogP contribution in [0.1, 0.15) is 25.0 Å². The highest BCUT2D eigenvalue weighted by atomic mass is 32.1. The lowest BCUT2D eigenvalue weighted by Gasteiger charge is -2.28. The summed E-state index contributed by atoms with van der Waals surface area (Å²) in [5, 5.41) is 4.88. The van der Waals surface area contributed by atoms with Crippen LogP contribution in [0.3, 0.4) is 0 Å². The van der Waals surface area contributed by atoms with Gasteiger partial charge in [-0.2, -0.15) is 0 Å². The molecule has 2 heterocycles. The Kier molecular flexibility index (Phi) is 8.66. The van der Waals surface area contributed by atoms with E-state index in [-0.39, 0.29) is 5.41 Å². The van der Waals surface area contributed by atoms with E-state index in [1.165, 1.54) is 58.8 Å². The van der Waals surface area contributed by atoms with Crippen LogP contribution in [-0.2, 0) is 5.41 Å². The van der Waals surface area contributed by atoms with E-state index in [2.05, 4.69) is 189 Å². The van der Waals surface area contributed by atoms with Crippen molar-refractivity contribution in [2.45, 2.75) is 19.3 Å². The summed E-state index contributed by atoms with van der Waals surface area (Å²) in [5.74, 6) is 1.95. The largest absolute Gasteiger partial charge is 0.310 e. The summed E-state index contributed by atoms with van der Waals surface area (Å²) in [6, 6.07) is 73.8. The van der Waals surface area contributed by atoms with E-state index in [4.69, 9.17) is 15.0 Å². The molecular formula is C58H40N4S. The van der Waals surface area contributed by atoms with E-state index in [1.807, 2.05) is 47.7 Å². The van der Waals surface area contributed by atoms with Gasteiger partial charge in [0.2, 0.25) is 0 Å². The second-order valence-electron chi connectivity index (χ2n) is 16.8. The zero-order chi connectivity index (χ0) is 42.1. The maximum absolute atomic E-state index is 5.10. The van der Waals surface area contributed by atoms with E-state index < -0.39 is 0 Å². The molecule has 0 amide bonds. The zero-order valence-electron chi connectivity index (χ0n) is 34.8. The Morgan fingerprint density at radius 1 is 0.365 bits per heavy atom. The molecule has 0 fully saturated rings. The minimum Gasteiger partial charge on any atom is -0.310 e. The monoisotopic (exact) mass is 824 g/mol. The number of nitrogens with zero attached hydrogens (tertiary/aromatic N) is 4. The van der Waals surface area contributed by atoms with Gasteiger partial charge in [0.05, 0.1) is 0 Å². The van der Waals surface area contributed by atoms with E-state index >= 15 is 0 Å². The Balaban J connectivity index is 1.00. The van der Waals surface area contributed by atoms with Crippen molar-refractivity contribution in [3.8, 4) is 56.4 Å². The lowest BCUT2D eigenvalue weighted by atomic mass is 9.82. The van der Waals surface area contributed by atoms with Gasteiger partial charge in [-0.05, 0) is 93.4 Å². The normalized spacial score (nSPS) is 12.7. The van der Waals surface area contributed by atoms with Crippen LogP contribution in [0.4, 0.5) is 17.1 Å². The van der Waals surface area contributed by atoms with Gasteiger partial charge < -0.3 is 4.90 Å². The fourth-order valence-corrected chi connectivity index (χ4v) is 10.8. The van der Waals surface area contributed by atoms with Gasteiger partial charge in [-0.15, -0.1) is 11.3 Å². The van der Waals surface area contributed by atoms with Crippen molar-refractivity contribution in [2.24, 2.45) is 0 Å². The zero-order valence-corrected chi connectivity index (χ0v) is 35.6. The van der Waals surface area contributed by atoms with Gasteiger partial charge >= 0.3 is 0 Å². The average molecular weight is 825 g/mol. The van der Waals surface area contributed by atoms with Crippen LogP contribution in [0, 0.1) is 0 Å². The van der Waals surface area contributed by atoms with Crippen molar-refractivity contribution < 1.29 is 0 Å². The Morgan fingerprint density at radius 3 is 1.62 bits per heavy atom. The van der Waals surface area contributed by atoms with E-state index in [0.29, 0.717) is 17.5 Å². The summed E-state index contributed by atoms with van der Waals surface area (Å²) in [6.07, 6.45) is 0. The van der Waals surface area contributed by atoms with Crippen LogP contribution in [0.2, 0.25) is 0 Å². The van der Waals surface area contributed by atoms with E-state index in [9.17, 15) is 0 Å². The highest BCUT2D eigenvalue weighted by Crippen LogP contribution is 2.51. The molecule has 0 N–H and O–H groups in total. The number of rotatable bonds is 7. The van der Waals surface area contributed by atoms with Gasteiger partial charge in [0.25, 0.3) is 0 Å². The van der Waals surface area contributed by atoms with Crippen molar-refractivity contribution in [1.82, 2.24) is 15.0 Å². The number of aromatic nitrogens is 3. The van der Waals surface area contributed by atoms with Gasteiger partial charge in [-0.3, -0.25) is 0 Å². The fraction of sp³-hybridized carbons (Fsp3) is 0.0517. The van der Waals surface area contributed by atoms with Gasteiger partial charge in [0.15, 0.2) is 17.5 Å². The molecular weight excluding hydrogens is 785 g/mol. The smallest absolute Gasteiger partial charge is 0.164 e. The third kappa shape index (κ3) is 6.23. The molecule has 0 bridgehead atoms. The molecule has 1 aliphatic rings. The number of hydrogen-bond donors (Lipinski definition) is 0. The molecule has 2 aromatic heterocycles. The molecule has 1 aliphatic carbocycles. The summed E-state index contributed by atoms with van der Waals surface area (Å²) >= 11 is 1.84. The van der Waals surface area contributed by atoms with Crippen LogP contribution >= 0.6 is 11.3 Å². The molecule has 0 aliphatic heterocycles. The highest BCUT2D eigenvalue weighted by Gasteiger charge is 2.35. The first kappa shape index (κ1) is 37.1. The minimum absolute atomic E-state index is 0.0998. The summed E-state index contributed by atoms with van der Waals surface area (Å²) < 4.78 is 2.52. The summed E-state index contributed by atoms with van der Waals surface area (Å²) in [5.41, 5.74) is 13.8. The summed E-state index contributed by atoms with van der Waals surface area (Å²) in [7, 11) is 0. The molecule has 9 aromatic carbocycles. The predicted octanol–water partition coefficient (Wildman–Crippen LogP) is 15.8. The quantitative estimate of drug-likeness (QED) is 0.161. The molecule has 0 unspecified atom stereocenters. The Morgan fingerprint density at radius 2 is 0.905 bits per heavy atom. The van der Waals surface area contributed by atoms with Crippen molar-refractivity contribution >= 4 is 59.3 Å². The lowest BCUT2D eigenvalue weighted by Crippen LogP contribution is -2.16. The fourth-order valence-electron chi connectivity index (χ4n) is 9.56. The van der Waals surface area contributed by atoms with Crippen LogP contribution in [0.5, 0.6) is 0 Å². The summed E-state index contributed by atoms with van der Waals surface area (Å²) in [6.45, 7) is 4.69. The van der Waals surface area contributed by atoms with Gasteiger partial charge in [0, 0.05) is 64.7 Å². The van der Waals surface area contributed by atoms with Crippen molar-refractivity contribution in [3.63, 3.8) is 0 Å². The Bertz CT molecular complexity index is 3470. The van der Waals surface area contributed by atoms with Gasteiger partial charge in [0.1, 0.15) is 0 Å². The number of anilines is 3. The number of para-hydroxylation sites is 1. The third-order valence-electron chi connectivity index (χ3n) is 12.7. The molecule has 0 saturated carbocycles. The first-order chi connectivity index (χ1) is 31.0. The van der Waals surface area contributed by atoms with Gasteiger partial charge in [-0.1, -0.05) is 166 Å². The molecule has 298 valence electrons. The van der Waals surface area contributed by atoms with Crippen LogP contribution in [0.15, 0.2) is 206 Å². The standard InChI is InChI=1S/C58H40N4S/c1-58(2)51-24-14-12-22-45(51)46-33-31-43(35-52(46)58)62(41-20-10-5-11-21-41)42-29-26-37(27-30-42)48-36-50-47-23-13-15-25-53(47)63-54(50)49-34-40(28-32-44(48)49)57-60-55(38-16-6-3-7-17-38)59-56(61-57)39-18-8-4-9-19-39/h3-36H,1-2H3. The maximum atomic E-state index is 5.10. The summed E-state index contributed by atoms with van der Waals surface area (Å²) in [4.78, 5) is 17.5. The number of thiophene rings is 1. The average Bonchev–Trinajstić information content (AvgIpc) is 3.84. The molecule has 63 heavy (non-hydrogen) atoms. The maximum Gasteiger partial charge on any atom is 0.164 e. The molecule has 5 heteroatoms. The van der Waals surface area contributed by atoms with Crippen molar-refractivity contribution in [1.29, 1.82) is 0 Å². The number of hydrogen-bond acceptors (Lipinski definition) is 5. The first-order valence-corrected chi connectivity index (χ1v) is 22.2. The highest BCUT2D eigenvalue weighted by molar-refractivity contribution is 7.26. The predicted molar refractivity (Wildman–Crippen MR) is 264 cm³/mol. The topological polar surface area (TPSA) is 41.9 Å². The number of benzene rings is 9. The Labute approximate surface area is 370 Å². The molecule has 0 atom stereocenters.